The van der Waals surface area contributed by atoms with Crippen molar-refractivity contribution < 1.29 is 32.9 Å². The van der Waals surface area contributed by atoms with Gasteiger partial charge in [-0.05, 0) is 70.6 Å². The molecule has 0 heterocycles. The molecule has 0 aromatic rings. The number of phosphoric ester groups is 1. The summed E-state index contributed by atoms with van der Waals surface area (Å²) in [6, 6.07) is -0.852. The predicted molar refractivity (Wildman–Crippen MR) is 332 cm³/mol. The Hall–Kier alpha value is -2.32. The fraction of sp³-hybridized carbons (Fsp3) is 0.776. The molecule has 442 valence electrons. The van der Waals surface area contributed by atoms with E-state index >= 15 is 0 Å². The molecule has 0 rings (SSSR count). The summed E-state index contributed by atoms with van der Waals surface area (Å²) >= 11 is 0. The van der Waals surface area contributed by atoms with Crippen LogP contribution < -0.4 is 5.32 Å². The molecule has 0 fully saturated rings. The van der Waals surface area contributed by atoms with E-state index in [1.54, 1.807) is 6.08 Å². The minimum absolute atomic E-state index is 0.0595. The van der Waals surface area contributed by atoms with Crippen molar-refractivity contribution in [3.8, 4) is 0 Å². The predicted octanol–water partition coefficient (Wildman–Crippen LogP) is 20.0. The van der Waals surface area contributed by atoms with Gasteiger partial charge in [0.05, 0.1) is 39.9 Å². The van der Waals surface area contributed by atoms with Gasteiger partial charge in [-0.2, -0.15) is 0 Å². The molecule has 0 aliphatic carbocycles. The second kappa shape index (κ2) is 57.4. The number of carbonyl (C=O) groups excluding carboxylic acids is 1. The molecule has 3 N–H and O–H groups in total. The molecule has 0 bridgehead atoms. The Morgan fingerprint density at radius 2 is 0.789 bits per heavy atom. The monoisotopic (exact) mass is 1080 g/mol. The van der Waals surface area contributed by atoms with Gasteiger partial charge in [0.2, 0.25) is 5.91 Å². The van der Waals surface area contributed by atoms with Crippen molar-refractivity contribution in [2.45, 2.75) is 296 Å². The number of quaternary nitrogens is 1. The number of phosphoric acid groups is 1. The maximum atomic E-state index is 13.0. The number of aliphatic hydroxyl groups excluding tert-OH is 1. The number of unbranched alkanes of at least 4 members (excludes halogenated alkanes) is 33. The van der Waals surface area contributed by atoms with E-state index in [2.05, 4.69) is 92.1 Å². The Morgan fingerprint density at radius 1 is 0.461 bits per heavy atom. The van der Waals surface area contributed by atoms with Gasteiger partial charge < -0.3 is 19.8 Å². The molecule has 0 saturated carbocycles. The average molecular weight is 1080 g/mol. The number of aliphatic hydroxyl groups is 1. The van der Waals surface area contributed by atoms with E-state index < -0.39 is 20.0 Å². The first-order chi connectivity index (χ1) is 37.0. The smallest absolute Gasteiger partial charge is 0.387 e. The average Bonchev–Trinajstić information content (AvgIpc) is 3.38. The van der Waals surface area contributed by atoms with Crippen LogP contribution in [0, 0.1) is 0 Å². The van der Waals surface area contributed by atoms with Crippen molar-refractivity contribution >= 4 is 13.7 Å². The first-order valence-electron chi connectivity index (χ1n) is 32.0. The third kappa shape index (κ3) is 59.3. The quantitative estimate of drug-likeness (QED) is 0.0243. The Morgan fingerprint density at radius 3 is 1.16 bits per heavy atom. The van der Waals surface area contributed by atoms with Crippen LogP contribution in [0.25, 0.3) is 0 Å². The number of nitrogens with one attached hydrogen (secondary N) is 1. The number of nitrogens with zero attached hydrogens (tertiary/aromatic N) is 1. The molecule has 0 saturated heterocycles. The van der Waals surface area contributed by atoms with E-state index in [4.69, 9.17) is 9.05 Å². The minimum Gasteiger partial charge on any atom is -0.387 e. The van der Waals surface area contributed by atoms with Crippen LogP contribution in [-0.4, -0.2) is 73.4 Å². The molecule has 0 aliphatic heterocycles. The standard InChI is InChI=1S/C67H123N2O6P/c1-6-8-10-12-14-16-18-20-22-24-26-28-29-30-31-32-33-34-35-36-37-38-39-41-43-45-47-49-51-53-55-57-59-61-67(71)68-65(64-75-76(72,73)74-63-62-69(3,4)5)66(70)60-58-56-54-52-50-48-46-44-42-40-27-25-23-21-19-17-15-13-11-9-7-2/h8,10,14,16,20,22,26,28,30-31,33-34,58,60,65-66,70H,6-7,9,11-13,15,17-19,21,23-25,27,29,32,35-57,59,61-64H2,1-5H3,(H-,68,71,72,73)/p+1/b10-8-,16-14-,22-20-,28-26-,31-30-,34-33-,60-58+. The van der Waals surface area contributed by atoms with E-state index in [9.17, 15) is 19.4 Å². The minimum atomic E-state index is -4.35. The molecule has 9 heteroatoms. The van der Waals surface area contributed by atoms with Gasteiger partial charge in [-0.15, -0.1) is 0 Å². The van der Waals surface area contributed by atoms with Crippen molar-refractivity contribution in [1.29, 1.82) is 0 Å². The molecule has 3 unspecified atom stereocenters. The summed E-state index contributed by atoms with van der Waals surface area (Å²) in [4.78, 5) is 23.4. The number of amides is 1. The summed E-state index contributed by atoms with van der Waals surface area (Å²) in [6.45, 7) is 4.73. The fourth-order valence-electron chi connectivity index (χ4n) is 9.17. The van der Waals surface area contributed by atoms with Gasteiger partial charge in [0.25, 0.3) is 0 Å². The Balaban J connectivity index is 4.12. The molecule has 0 aliphatic rings. The summed E-state index contributed by atoms with van der Waals surface area (Å²) in [6.07, 6.45) is 81.2. The van der Waals surface area contributed by atoms with Crippen LogP contribution in [0.1, 0.15) is 284 Å². The van der Waals surface area contributed by atoms with Gasteiger partial charge in [-0.25, -0.2) is 4.57 Å². The molecule has 0 aromatic carbocycles. The lowest BCUT2D eigenvalue weighted by Gasteiger charge is -2.25. The SMILES string of the molecule is CC/C=C\C/C=C\C/C=C\C/C=C\C/C=C\C/C=C\CCCCCCCCCCCCCCCCC(=O)NC(COP(=O)(O)OCC[N+](C)(C)C)C(O)/C=C/CCCCCCCCCCCCCCCCCCCCC. The highest BCUT2D eigenvalue weighted by Crippen LogP contribution is 2.43. The number of likely N-dealkylation sites (N-methyl/N-ethyl adjacent to an activating group) is 1. The van der Waals surface area contributed by atoms with Crippen LogP contribution in [0.5, 0.6) is 0 Å². The highest BCUT2D eigenvalue weighted by Gasteiger charge is 2.27. The summed E-state index contributed by atoms with van der Waals surface area (Å²) in [7, 11) is 1.57. The van der Waals surface area contributed by atoms with Crippen molar-refractivity contribution in [2.75, 3.05) is 40.9 Å². The van der Waals surface area contributed by atoms with Crippen LogP contribution in [0.2, 0.25) is 0 Å². The normalized spacial score (nSPS) is 14.4. The maximum Gasteiger partial charge on any atom is 0.472 e. The van der Waals surface area contributed by atoms with Crippen LogP contribution in [0.4, 0.5) is 0 Å². The number of hydrogen-bond acceptors (Lipinski definition) is 5. The highest BCUT2D eigenvalue weighted by atomic mass is 31.2. The van der Waals surface area contributed by atoms with Gasteiger partial charge in [-0.3, -0.25) is 13.8 Å². The summed E-state index contributed by atoms with van der Waals surface area (Å²) in [5, 5.41) is 14.0. The Labute approximate surface area is 471 Å². The number of carbonyl (C=O) groups is 1. The fourth-order valence-corrected chi connectivity index (χ4v) is 9.90. The number of allylic oxidation sites excluding steroid dienone is 13. The van der Waals surface area contributed by atoms with Gasteiger partial charge in [0, 0.05) is 6.42 Å². The molecule has 0 radical (unpaired) electrons. The molecular formula is C67H124N2O6P+. The molecule has 76 heavy (non-hydrogen) atoms. The van der Waals surface area contributed by atoms with Crippen molar-refractivity contribution in [3.63, 3.8) is 0 Å². The third-order valence-corrected chi connectivity index (χ3v) is 15.1. The lowest BCUT2D eigenvalue weighted by Crippen LogP contribution is -2.45. The first kappa shape index (κ1) is 73.7. The van der Waals surface area contributed by atoms with E-state index in [1.807, 2.05) is 27.2 Å². The Kier molecular flexibility index (Phi) is 55.6. The second-order valence-corrected chi connectivity index (χ2v) is 24.2. The molecule has 0 aromatic heterocycles. The zero-order valence-electron chi connectivity index (χ0n) is 50.5. The zero-order valence-corrected chi connectivity index (χ0v) is 51.4. The van der Waals surface area contributed by atoms with E-state index in [0.29, 0.717) is 17.4 Å². The van der Waals surface area contributed by atoms with Crippen molar-refractivity contribution in [1.82, 2.24) is 5.32 Å². The molecular weight excluding hydrogens is 960 g/mol. The summed E-state index contributed by atoms with van der Waals surface area (Å²) < 4.78 is 23.8. The molecule has 1 amide bonds. The van der Waals surface area contributed by atoms with Crippen molar-refractivity contribution in [2.24, 2.45) is 0 Å². The van der Waals surface area contributed by atoms with E-state index in [0.717, 1.165) is 77.0 Å². The van der Waals surface area contributed by atoms with Gasteiger partial charge >= 0.3 is 7.82 Å². The lowest BCUT2D eigenvalue weighted by atomic mass is 10.0. The topological polar surface area (TPSA) is 105 Å². The van der Waals surface area contributed by atoms with Crippen molar-refractivity contribution in [3.05, 3.63) is 85.1 Å². The highest BCUT2D eigenvalue weighted by molar-refractivity contribution is 7.47. The maximum absolute atomic E-state index is 13.0. The molecule has 3 atom stereocenters. The summed E-state index contributed by atoms with van der Waals surface area (Å²) in [5.41, 5.74) is 0. The molecule has 0 spiro atoms. The van der Waals surface area contributed by atoms with Gasteiger partial charge in [-0.1, -0.05) is 292 Å². The molecule has 8 nitrogen and oxygen atoms in total. The summed E-state index contributed by atoms with van der Waals surface area (Å²) in [5.74, 6) is -0.177. The number of rotatable bonds is 58. The van der Waals surface area contributed by atoms with Crippen LogP contribution in [0.3, 0.4) is 0 Å². The second-order valence-electron chi connectivity index (χ2n) is 22.8. The zero-order chi connectivity index (χ0) is 55.6. The Bertz CT molecular complexity index is 1510. The van der Waals surface area contributed by atoms with Gasteiger partial charge in [0.1, 0.15) is 13.2 Å². The number of hydrogen-bond donors (Lipinski definition) is 3. The first-order valence-corrected chi connectivity index (χ1v) is 33.5. The van der Waals surface area contributed by atoms with Gasteiger partial charge in [0.15, 0.2) is 0 Å². The van der Waals surface area contributed by atoms with Crippen LogP contribution in [0.15, 0.2) is 85.1 Å². The third-order valence-electron chi connectivity index (χ3n) is 14.1. The van der Waals surface area contributed by atoms with Crippen LogP contribution in [-0.2, 0) is 18.4 Å². The van der Waals surface area contributed by atoms with E-state index in [1.165, 1.54) is 186 Å². The lowest BCUT2D eigenvalue weighted by molar-refractivity contribution is -0.870. The van der Waals surface area contributed by atoms with E-state index in [-0.39, 0.29) is 19.1 Å². The van der Waals surface area contributed by atoms with Crippen LogP contribution >= 0.6 is 7.82 Å². The largest absolute Gasteiger partial charge is 0.472 e.